The summed E-state index contributed by atoms with van der Waals surface area (Å²) in [6, 6.07) is 15.1. The lowest BCUT2D eigenvalue weighted by atomic mass is 10.0. The van der Waals surface area contributed by atoms with Crippen LogP contribution < -0.4 is 10.2 Å². The Labute approximate surface area is 184 Å². The first-order valence-electron chi connectivity index (χ1n) is 8.51. The number of hydrogen-bond donors (Lipinski definition) is 2. The number of carbonyl (C=O) groups is 1. The number of hydroxylamine groups is 1. The van der Waals surface area contributed by atoms with Gasteiger partial charge < -0.3 is 4.74 Å². The van der Waals surface area contributed by atoms with Crippen molar-refractivity contribution in [3.63, 3.8) is 0 Å². The van der Waals surface area contributed by atoms with Crippen LogP contribution in [-0.2, 0) is 0 Å². The average molecular weight is 445 g/mol. The van der Waals surface area contributed by atoms with Crippen LogP contribution in [0.15, 0.2) is 67.1 Å². The monoisotopic (exact) mass is 444 g/mol. The molecule has 0 spiro atoms. The van der Waals surface area contributed by atoms with Gasteiger partial charge >= 0.3 is 0 Å². The van der Waals surface area contributed by atoms with E-state index in [0.717, 1.165) is 16.8 Å². The highest BCUT2D eigenvalue weighted by Gasteiger charge is 2.22. The molecule has 0 atom stereocenters. The van der Waals surface area contributed by atoms with Gasteiger partial charge in [0, 0.05) is 35.1 Å². The topological polar surface area (TPSA) is 97.2 Å². The molecule has 4 aromatic rings. The molecule has 0 saturated heterocycles. The fourth-order valence-corrected chi connectivity index (χ4v) is 3.10. The van der Waals surface area contributed by atoms with Gasteiger partial charge in [0.05, 0.1) is 23.9 Å². The standard InChI is InChI=1S/C21H16N4O3.2ClH/c1-28-20-18(21(26)25-27)15-12-22-11-9-17(15)24-19(20)14-7-5-13(6-8-14)16-4-2-3-10-23-16;;/h2-12,27H,1H3,(H,25,26);2*1H. The van der Waals surface area contributed by atoms with E-state index in [1.807, 2.05) is 42.5 Å². The molecule has 0 radical (unpaired) electrons. The Hall–Kier alpha value is -3.26. The molecule has 7 nitrogen and oxygen atoms in total. The van der Waals surface area contributed by atoms with E-state index >= 15 is 0 Å². The number of ether oxygens (including phenoxy) is 1. The molecule has 4 rings (SSSR count). The van der Waals surface area contributed by atoms with Crippen LogP contribution >= 0.6 is 24.8 Å². The Bertz CT molecular complexity index is 1160. The van der Waals surface area contributed by atoms with Crippen molar-refractivity contribution in [3.05, 3.63) is 72.7 Å². The molecule has 1 amide bonds. The second-order valence-corrected chi connectivity index (χ2v) is 5.99. The summed E-state index contributed by atoms with van der Waals surface area (Å²) in [5.74, 6) is -0.429. The molecular weight excluding hydrogens is 427 g/mol. The number of amides is 1. The van der Waals surface area contributed by atoms with Crippen molar-refractivity contribution in [3.8, 4) is 28.3 Å². The first-order valence-corrected chi connectivity index (χ1v) is 8.51. The molecule has 3 heterocycles. The van der Waals surface area contributed by atoms with Crippen LogP contribution in [0.4, 0.5) is 0 Å². The molecule has 0 saturated carbocycles. The Morgan fingerprint density at radius 2 is 1.73 bits per heavy atom. The number of benzene rings is 1. The lowest BCUT2D eigenvalue weighted by molar-refractivity contribution is 0.0705. The minimum atomic E-state index is -0.691. The fourth-order valence-electron chi connectivity index (χ4n) is 3.10. The lowest BCUT2D eigenvalue weighted by Crippen LogP contribution is -2.20. The van der Waals surface area contributed by atoms with Crippen molar-refractivity contribution in [2.75, 3.05) is 7.11 Å². The first kappa shape index (κ1) is 23.0. The van der Waals surface area contributed by atoms with Crippen molar-refractivity contribution in [1.82, 2.24) is 20.4 Å². The number of pyridine rings is 3. The zero-order chi connectivity index (χ0) is 19.5. The third kappa shape index (κ3) is 4.18. The maximum absolute atomic E-state index is 12.3. The van der Waals surface area contributed by atoms with Crippen LogP contribution in [0.5, 0.6) is 5.75 Å². The molecule has 3 aromatic heterocycles. The number of aromatic nitrogens is 3. The summed E-state index contributed by atoms with van der Waals surface area (Å²) >= 11 is 0. The first-order chi connectivity index (χ1) is 13.7. The van der Waals surface area contributed by atoms with Gasteiger partial charge in [0.25, 0.3) is 5.91 Å². The Morgan fingerprint density at radius 1 is 1.00 bits per heavy atom. The van der Waals surface area contributed by atoms with Crippen LogP contribution in [0.2, 0.25) is 0 Å². The molecule has 0 unspecified atom stereocenters. The third-order valence-corrected chi connectivity index (χ3v) is 4.39. The van der Waals surface area contributed by atoms with E-state index < -0.39 is 5.91 Å². The largest absolute Gasteiger partial charge is 0.494 e. The van der Waals surface area contributed by atoms with E-state index in [0.29, 0.717) is 16.6 Å². The van der Waals surface area contributed by atoms with Crippen LogP contribution in [0.1, 0.15) is 10.4 Å². The van der Waals surface area contributed by atoms with Gasteiger partial charge in [0.2, 0.25) is 0 Å². The second-order valence-electron chi connectivity index (χ2n) is 5.99. The number of carbonyl (C=O) groups excluding carboxylic acids is 1. The highest BCUT2D eigenvalue weighted by atomic mass is 35.5. The fraction of sp³-hybridized carbons (Fsp3) is 0.0476. The van der Waals surface area contributed by atoms with Gasteiger partial charge in [-0.3, -0.25) is 20.0 Å². The smallest absolute Gasteiger partial charge is 0.279 e. The normalized spacial score (nSPS) is 9.93. The molecular formula is C21H18Cl2N4O3. The number of nitrogens with zero attached hydrogens (tertiary/aromatic N) is 3. The van der Waals surface area contributed by atoms with Crippen molar-refractivity contribution >= 4 is 41.6 Å². The van der Waals surface area contributed by atoms with Crippen LogP contribution in [-0.4, -0.2) is 33.2 Å². The maximum atomic E-state index is 12.3. The van der Waals surface area contributed by atoms with E-state index in [1.165, 1.54) is 13.3 Å². The van der Waals surface area contributed by atoms with E-state index in [4.69, 9.17) is 4.74 Å². The van der Waals surface area contributed by atoms with E-state index in [2.05, 4.69) is 15.0 Å². The highest BCUT2D eigenvalue weighted by molar-refractivity contribution is 6.09. The molecule has 2 N–H and O–H groups in total. The zero-order valence-corrected chi connectivity index (χ0v) is 17.4. The Kier molecular flexibility index (Phi) is 7.66. The number of nitrogens with one attached hydrogen (secondary N) is 1. The Morgan fingerprint density at radius 3 is 2.37 bits per heavy atom. The second kappa shape index (κ2) is 9.98. The van der Waals surface area contributed by atoms with Crippen LogP contribution in [0, 0.1) is 0 Å². The molecule has 0 bridgehead atoms. The summed E-state index contributed by atoms with van der Waals surface area (Å²) in [6.07, 6.45) is 4.85. The zero-order valence-electron chi connectivity index (χ0n) is 15.8. The quantitative estimate of drug-likeness (QED) is 0.359. The van der Waals surface area contributed by atoms with E-state index in [1.54, 1.807) is 23.9 Å². The number of hydrogen-bond acceptors (Lipinski definition) is 6. The molecule has 0 aliphatic carbocycles. The number of halogens is 2. The predicted molar refractivity (Wildman–Crippen MR) is 119 cm³/mol. The molecule has 0 aliphatic heterocycles. The van der Waals surface area contributed by atoms with Gasteiger partial charge in [-0.15, -0.1) is 24.8 Å². The summed E-state index contributed by atoms with van der Waals surface area (Å²) in [7, 11) is 1.46. The molecule has 30 heavy (non-hydrogen) atoms. The molecule has 0 aliphatic rings. The molecule has 0 fully saturated rings. The SMILES string of the molecule is COc1c(-c2ccc(-c3ccccn3)cc2)nc2ccncc2c1C(=O)NO.Cl.Cl. The summed E-state index contributed by atoms with van der Waals surface area (Å²) in [5.41, 5.74) is 5.49. The van der Waals surface area contributed by atoms with Gasteiger partial charge in [0.15, 0.2) is 5.75 Å². The third-order valence-electron chi connectivity index (χ3n) is 4.39. The van der Waals surface area contributed by atoms with Gasteiger partial charge in [-0.2, -0.15) is 0 Å². The molecule has 154 valence electrons. The van der Waals surface area contributed by atoms with Crippen molar-refractivity contribution in [1.29, 1.82) is 0 Å². The predicted octanol–water partition coefficient (Wildman–Crippen LogP) is 4.33. The molecule has 9 heteroatoms. The van der Waals surface area contributed by atoms with Crippen molar-refractivity contribution in [2.45, 2.75) is 0 Å². The maximum Gasteiger partial charge on any atom is 0.279 e. The van der Waals surface area contributed by atoms with Gasteiger partial charge in [-0.1, -0.05) is 30.3 Å². The van der Waals surface area contributed by atoms with E-state index in [-0.39, 0.29) is 36.1 Å². The summed E-state index contributed by atoms with van der Waals surface area (Å²) in [6.45, 7) is 0. The molecule has 1 aromatic carbocycles. The van der Waals surface area contributed by atoms with Gasteiger partial charge in [0.1, 0.15) is 5.69 Å². The van der Waals surface area contributed by atoms with Gasteiger partial charge in [-0.05, 0) is 18.2 Å². The Balaban J connectivity index is 0.00000160. The minimum absolute atomic E-state index is 0. The van der Waals surface area contributed by atoms with Crippen LogP contribution in [0.25, 0.3) is 33.4 Å². The highest BCUT2D eigenvalue weighted by Crippen LogP contribution is 2.36. The summed E-state index contributed by atoms with van der Waals surface area (Å²) in [4.78, 5) is 25.4. The minimum Gasteiger partial charge on any atom is -0.494 e. The van der Waals surface area contributed by atoms with Crippen LogP contribution in [0.3, 0.4) is 0 Å². The van der Waals surface area contributed by atoms with E-state index in [9.17, 15) is 10.0 Å². The summed E-state index contributed by atoms with van der Waals surface area (Å²) < 4.78 is 5.50. The summed E-state index contributed by atoms with van der Waals surface area (Å²) in [5, 5.41) is 9.67. The van der Waals surface area contributed by atoms with Crippen molar-refractivity contribution in [2.24, 2.45) is 0 Å². The average Bonchev–Trinajstić information content (AvgIpc) is 2.78. The number of fused-ring (bicyclic) bond motifs is 1. The number of methoxy groups -OCH3 is 1. The number of rotatable bonds is 4. The van der Waals surface area contributed by atoms with Crippen molar-refractivity contribution < 1.29 is 14.7 Å². The van der Waals surface area contributed by atoms with Gasteiger partial charge in [-0.25, -0.2) is 10.5 Å². The lowest BCUT2D eigenvalue weighted by Gasteiger charge is -2.15.